The summed E-state index contributed by atoms with van der Waals surface area (Å²) in [7, 11) is 0. The Labute approximate surface area is 102 Å². The molecule has 0 unspecified atom stereocenters. The fraction of sp³-hybridized carbons (Fsp3) is 0.600. The standard InChI is InChI=1S/C10H13F2N5O/c1-3-4-8-14-7(16-18-8)5-17-10(9(11)12)13-6(2)15-17/h9H,3-5H2,1-2H3. The number of halogens is 2. The van der Waals surface area contributed by atoms with Crippen molar-refractivity contribution in [1.82, 2.24) is 24.9 Å². The zero-order chi connectivity index (χ0) is 13.1. The molecule has 8 heteroatoms. The number of alkyl halides is 2. The van der Waals surface area contributed by atoms with E-state index in [0.29, 0.717) is 24.0 Å². The van der Waals surface area contributed by atoms with Gasteiger partial charge in [-0.15, -0.1) is 0 Å². The highest BCUT2D eigenvalue weighted by Crippen LogP contribution is 2.17. The van der Waals surface area contributed by atoms with Crippen LogP contribution in [0.4, 0.5) is 8.78 Å². The molecule has 0 aromatic carbocycles. The fourth-order valence-corrected chi connectivity index (χ4v) is 1.55. The third kappa shape index (κ3) is 2.69. The molecule has 0 saturated heterocycles. The summed E-state index contributed by atoms with van der Waals surface area (Å²) >= 11 is 0. The van der Waals surface area contributed by atoms with Gasteiger partial charge in [0.15, 0.2) is 11.6 Å². The predicted molar refractivity (Wildman–Crippen MR) is 57.1 cm³/mol. The van der Waals surface area contributed by atoms with Crippen LogP contribution in [0, 0.1) is 6.92 Å². The molecule has 0 radical (unpaired) electrons. The van der Waals surface area contributed by atoms with Gasteiger partial charge >= 0.3 is 0 Å². The first-order valence-corrected chi connectivity index (χ1v) is 5.61. The van der Waals surface area contributed by atoms with E-state index < -0.39 is 6.43 Å². The molecule has 2 aromatic rings. The van der Waals surface area contributed by atoms with Gasteiger partial charge < -0.3 is 4.52 Å². The molecular weight excluding hydrogens is 244 g/mol. The van der Waals surface area contributed by atoms with E-state index in [1.54, 1.807) is 6.92 Å². The van der Waals surface area contributed by atoms with Gasteiger partial charge in [0.05, 0.1) is 0 Å². The Morgan fingerprint density at radius 3 is 2.78 bits per heavy atom. The first-order valence-electron chi connectivity index (χ1n) is 5.61. The molecule has 0 aliphatic carbocycles. The van der Waals surface area contributed by atoms with Gasteiger partial charge in [-0.25, -0.2) is 18.4 Å². The van der Waals surface area contributed by atoms with Crippen LogP contribution in [0.25, 0.3) is 0 Å². The minimum atomic E-state index is -2.67. The normalized spacial score (nSPS) is 11.4. The van der Waals surface area contributed by atoms with E-state index in [1.807, 2.05) is 6.92 Å². The van der Waals surface area contributed by atoms with Crippen molar-refractivity contribution >= 4 is 0 Å². The van der Waals surface area contributed by atoms with Gasteiger partial charge in [-0.3, -0.25) is 0 Å². The van der Waals surface area contributed by atoms with Crippen molar-refractivity contribution in [1.29, 1.82) is 0 Å². The Bertz CT molecular complexity index is 522. The average molecular weight is 257 g/mol. The van der Waals surface area contributed by atoms with E-state index in [2.05, 4.69) is 20.2 Å². The molecule has 0 amide bonds. The van der Waals surface area contributed by atoms with Crippen LogP contribution < -0.4 is 0 Å². The lowest BCUT2D eigenvalue weighted by Crippen LogP contribution is -2.08. The summed E-state index contributed by atoms with van der Waals surface area (Å²) in [4.78, 5) is 7.76. The number of aryl methyl sites for hydroxylation is 2. The van der Waals surface area contributed by atoms with Crippen molar-refractivity contribution in [3.63, 3.8) is 0 Å². The summed E-state index contributed by atoms with van der Waals surface area (Å²) in [5.41, 5.74) is 0. The Hall–Kier alpha value is -1.86. The van der Waals surface area contributed by atoms with E-state index in [0.717, 1.165) is 11.1 Å². The van der Waals surface area contributed by atoms with Crippen molar-refractivity contribution in [2.24, 2.45) is 0 Å². The minimum Gasteiger partial charge on any atom is -0.339 e. The van der Waals surface area contributed by atoms with E-state index in [1.165, 1.54) is 0 Å². The number of hydrogen-bond acceptors (Lipinski definition) is 5. The first kappa shape index (κ1) is 12.6. The lowest BCUT2D eigenvalue weighted by atomic mass is 10.3. The Morgan fingerprint density at radius 1 is 1.33 bits per heavy atom. The van der Waals surface area contributed by atoms with Crippen molar-refractivity contribution in [3.8, 4) is 0 Å². The van der Waals surface area contributed by atoms with E-state index in [9.17, 15) is 8.78 Å². The highest BCUT2D eigenvalue weighted by atomic mass is 19.3. The van der Waals surface area contributed by atoms with Crippen LogP contribution in [0.2, 0.25) is 0 Å². The molecule has 0 aliphatic heterocycles. The fourth-order valence-electron chi connectivity index (χ4n) is 1.55. The molecule has 0 bridgehead atoms. The molecule has 0 N–H and O–H groups in total. The van der Waals surface area contributed by atoms with Crippen LogP contribution in [0.15, 0.2) is 4.52 Å². The highest BCUT2D eigenvalue weighted by Gasteiger charge is 2.19. The zero-order valence-electron chi connectivity index (χ0n) is 10.1. The van der Waals surface area contributed by atoms with Gasteiger partial charge in [-0.2, -0.15) is 10.1 Å². The van der Waals surface area contributed by atoms with Crippen LogP contribution in [0.1, 0.15) is 43.1 Å². The summed E-state index contributed by atoms with van der Waals surface area (Å²) in [6, 6.07) is 0. The molecule has 0 atom stereocenters. The van der Waals surface area contributed by atoms with E-state index >= 15 is 0 Å². The molecule has 0 fully saturated rings. The quantitative estimate of drug-likeness (QED) is 0.818. The van der Waals surface area contributed by atoms with Crippen LogP contribution in [0.3, 0.4) is 0 Å². The molecule has 0 aliphatic rings. The van der Waals surface area contributed by atoms with Crippen LogP contribution in [-0.4, -0.2) is 24.9 Å². The SMILES string of the molecule is CCCc1nc(Cn2nc(C)nc2C(F)F)no1. The Kier molecular flexibility index (Phi) is 3.63. The third-order valence-corrected chi connectivity index (χ3v) is 2.27. The zero-order valence-corrected chi connectivity index (χ0v) is 10.1. The minimum absolute atomic E-state index is 0.0354. The molecule has 6 nitrogen and oxygen atoms in total. The maximum Gasteiger partial charge on any atom is 0.297 e. The smallest absolute Gasteiger partial charge is 0.297 e. The molecule has 2 aromatic heterocycles. The third-order valence-electron chi connectivity index (χ3n) is 2.27. The van der Waals surface area contributed by atoms with Crippen molar-refractivity contribution in [3.05, 3.63) is 23.4 Å². The molecule has 0 spiro atoms. The average Bonchev–Trinajstić information content (AvgIpc) is 2.87. The number of aromatic nitrogens is 5. The summed E-state index contributed by atoms with van der Waals surface area (Å²) in [6.45, 7) is 3.58. The maximum absolute atomic E-state index is 12.7. The topological polar surface area (TPSA) is 69.6 Å². The van der Waals surface area contributed by atoms with Gasteiger partial charge in [0, 0.05) is 6.42 Å². The van der Waals surface area contributed by atoms with Crippen LogP contribution in [-0.2, 0) is 13.0 Å². The molecule has 98 valence electrons. The molecule has 0 saturated carbocycles. The Morgan fingerprint density at radius 2 is 2.11 bits per heavy atom. The molecular formula is C10H13F2N5O. The lowest BCUT2D eigenvalue weighted by Gasteiger charge is -2.00. The summed E-state index contributed by atoms with van der Waals surface area (Å²) in [6.07, 6.45) is -1.12. The second kappa shape index (κ2) is 5.19. The summed E-state index contributed by atoms with van der Waals surface area (Å²) in [5.74, 6) is 0.741. The highest BCUT2D eigenvalue weighted by molar-refractivity contribution is 4.96. The van der Waals surface area contributed by atoms with E-state index in [4.69, 9.17) is 4.52 Å². The summed E-state index contributed by atoms with van der Waals surface area (Å²) in [5, 5.41) is 7.61. The summed E-state index contributed by atoms with van der Waals surface area (Å²) < 4.78 is 31.4. The van der Waals surface area contributed by atoms with Gasteiger partial charge in [0.1, 0.15) is 12.4 Å². The van der Waals surface area contributed by atoms with Gasteiger partial charge in [-0.1, -0.05) is 12.1 Å². The maximum atomic E-state index is 12.7. The van der Waals surface area contributed by atoms with Crippen LogP contribution >= 0.6 is 0 Å². The van der Waals surface area contributed by atoms with Crippen molar-refractivity contribution < 1.29 is 13.3 Å². The number of hydrogen-bond donors (Lipinski definition) is 0. The van der Waals surface area contributed by atoms with Crippen molar-refractivity contribution in [2.45, 2.75) is 39.7 Å². The number of nitrogens with zero attached hydrogens (tertiary/aromatic N) is 5. The molecule has 2 rings (SSSR count). The van der Waals surface area contributed by atoms with Gasteiger partial charge in [0.2, 0.25) is 5.89 Å². The largest absolute Gasteiger partial charge is 0.339 e. The van der Waals surface area contributed by atoms with Gasteiger partial charge in [-0.05, 0) is 13.3 Å². The monoisotopic (exact) mass is 257 g/mol. The van der Waals surface area contributed by atoms with Gasteiger partial charge in [0.25, 0.3) is 6.43 Å². The second-order valence-electron chi connectivity index (χ2n) is 3.83. The Balaban J connectivity index is 2.17. The predicted octanol–water partition coefficient (Wildman–Crippen LogP) is 1.91. The first-order chi connectivity index (χ1) is 8.60. The van der Waals surface area contributed by atoms with Crippen LogP contribution in [0.5, 0.6) is 0 Å². The number of rotatable bonds is 5. The second-order valence-corrected chi connectivity index (χ2v) is 3.83. The molecule has 18 heavy (non-hydrogen) atoms. The van der Waals surface area contributed by atoms with Crippen molar-refractivity contribution in [2.75, 3.05) is 0 Å². The lowest BCUT2D eigenvalue weighted by molar-refractivity contribution is 0.134. The van der Waals surface area contributed by atoms with E-state index in [-0.39, 0.29) is 12.4 Å². The molecule has 2 heterocycles.